The predicted octanol–water partition coefficient (Wildman–Crippen LogP) is 6.24. The van der Waals surface area contributed by atoms with Gasteiger partial charge in [-0.1, -0.05) is 43.2 Å². The second-order valence-corrected chi connectivity index (χ2v) is 11.3. The Morgan fingerprint density at radius 3 is 2.58 bits per heavy atom. The van der Waals surface area contributed by atoms with E-state index in [4.69, 9.17) is 0 Å². The van der Waals surface area contributed by atoms with Crippen molar-refractivity contribution in [2.45, 2.75) is 74.5 Å². The van der Waals surface area contributed by atoms with Crippen molar-refractivity contribution in [1.82, 2.24) is 19.7 Å². The number of hydrogen-bond acceptors (Lipinski definition) is 4. The molecule has 2 atom stereocenters. The Hall–Kier alpha value is -1.54. The Kier molecular flexibility index (Phi) is 6.51. The van der Waals surface area contributed by atoms with E-state index in [2.05, 4.69) is 26.7 Å². The van der Waals surface area contributed by atoms with Gasteiger partial charge in [0.1, 0.15) is 5.82 Å². The minimum absolute atomic E-state index is 0.283. The SMILES string of the molecule is Cn1c(SCCCN2CC[C@@]3(CC3c3ccc(C(F)(F)F)cc3)C2)nnc1C1CCCCC1. The summed E-state index contributed by atoms with van der Waals surface area (Å²) in [6.45, 7) is 3.23. The van der Waals surface area contributed by atoms with Crippen LogP contribution in [0.2, 0.25) is 0 Å². The topological polar surface area (TPSA) is 34.0 Å². The van der Waals surface area contributed by atoms with Gasteiger partial charge in [0.15, 0.2) is 5.16 Å². The van der Waals surface area contributed by atoms with Gasteiger partial charge in [-0.2, -0.15) is 13.2 Å². The molecule has 4 nitrogen and oxygen atoms in total. The van der Waals surface area contributed by atoms with Gasteiger partial charge in [0.05, 0.1) is 5.56 Å². The second kappa shape index (κ2) is 9.25. The molecule has 0 N–H and O–H groups in total. The van der Waals surface area contributed by atoms with Crippen LogP contribution in [0.25, 0.3) is 0 Å². The second-order valence-electron chi connectivity index (χ2n) is 10.2. The first-order chi connectivity index (χ1) is 15.9. The zero-order chi connectivity index (χ0) is 23.1. The van der Waals surface area contributed by atoms with E-state index in [0.29, 0.717) is 11.8 Å². The number of likely N-dealkylation sites (tertiary alicyclic amines) is 1. The van der Waals surface area contributed by atoms with Crippen molar-refractivity contribution in [3.8, 4) is 0 Å². The minimum Gasteiger partial charge on any atom is -0.309 e. The van der Waals surface area contributed by atoms with Crippen molar-refractivity contribution in [2.24, 2.45) is 12.5 Å². The summed E-state index contributed by atoms with van der Waals surface area (Å²) < 4.78 is 40.7. The maximum Gasteiger partial charge on any atom is 0.416 e. The lowest BCUT2D eigenvalue weighted by atomic mass is 9.89. The van der Waals surface area contributed by atoms with E-state index in [-0.39, 0.29) is 5.41 Å². The highest BCUT2D eigenvalue weighted by Crippen LogP contribution is 2.64. The summed E-state index contributed by atoms with van der Waals surface area (Å²) in [4.78, 5) is 2.54. The summed E-state index contributed by atoms with van der Waals surface area (Å²) in [6, 6.07) is 5.84. The Bertz CT molecular complexity index is 952. The molecule has 1 aromatic carbocycles. The van der Waals surface area contributed by atoms with Gasteiger partial charge in [-0.3, -0.25) is 0 Å². The van der Waals surface area contributed by atoms with Gasteiger partial charge < -0.3 is 9.47 Å². The number of alkyl halides is 3. The van der Waals surface area contributed by atoms with Gasteiger partial charge in [0.2, 0.25) is 0 Å². The molecule has 1 saturated heterocycles. The van der Waals surface area contributed by atoms with Gasteiger partial charge in [0, 0.05) is 25.3 Å². The molecule has 2 aliphatic carbocycles. The van der Waals surface area contributed by atoms with E-state index in [1.54, 1.807) is 23.9 Å². The number of thioether (sulfide) groups is 1. The van der Waals surface area contributed by atoms with Crippen molar-refractivity contribution >= 4 is 11.8 Å². The van der Waals surface area contributed by atoms with E-state index >= 15 is 0 Å². The molecule has 3 fully saturated rings. The van der Waals surface area contributed by atoms with Gasteiger partial charge in [-0.25, -0.2) is 0 Å². The van der Waals surface area contributed by atoms with E-state index in [9.17, 15) is 13.2 Å². The van der Waals surface area contributed by atoms with Gasteiger partial charge in [-0.05, 0) is 74.2 Å². The van der Waals surface area contributed by atoms with Crippen LogP contribution in [0.1, 0.15) is 80.2 Å². The molecule has 1 unspecified atom stereocenters. The summed E-state index contributed by atoms with van der Waals surface area (Å²) in [5, 5.41) is 9.97. The van der Waals surface area contributed by atoms with Gasteiger partial charge in [0.25, 0.3) is 0 Å². The lowest BCUT2D eigenvalue weighted by Gasteiger charge is -2.20. The first-order valence-electron chi connectivity index (χ1n) is 12.3. The molecule has 2 heterocycles. The zero-order valence-electron chi connectivity index (χ0n) is 19.3. The van der Waals surface area contributed by atoms with Crippen molar-refractivity contribution in [2.75, 3.05) is 25.4 Å². The smallest absolute Gasteiger partial charge is 0.309 e. The number of aromatic nitrogens is 3. The molecule has 33 heavy (non-hydrogen) atoms. The molecule has 1 spiro atoms. The maximum atomic E-state index is 12.8. The van der Waals surface area contributed by atoms with Crippen molar-refractivity contribution in [3.63, 3.8) is 0 Å². The van der Waals surface area contributed by atoms with Gasteiger partial charge in [-0.15, -0.1) is 10.2 Å². The summed E-state index contributed by atoms with van der Waals surface area (Å²) in [5.41, 5.74) is 0.794. The van der Waals surface area contributed by atoms with E-state index < -0.39 is 11.7 Å². The highest BCUT2D eigenvalue weighted by atomic mass is 32.2. The normalized spacial score (nSPS) is 26.4. The predicted molar refractivity (Wildman–Crippen MR) is 124 cm³/mol. The number of nitrogens with zero attached hydrogens (tertiary/aromatic N) is 4. The molecule has 2 aromatic rings. The summed E-state index contributed by atoms with van der Waals surface area (Å²) >= 11 is 1.80. The van der Waals surface area contributed by atoms with Crippen LogP contribution in [0.4, 0.5) is 13.2 Å². The highest BCUT2D eigenvalue weighted by Gasteiger charge is 2.57. The van der Waals surface area contributed by atoms with Crippen LogP contribution in [0.5, 0.6) is 0 Å². The molecule has 0 radical (unpaired) electrons. The minimum atomic E-state index is -4.26. The van der Waals surface area contributed by atoms with Crippen LogP contribution in [0.3, 0.4) is 0 Å². The first kappa shape index (κ1) is 23.2. The fraction of sp³-hybridized carbons (Fsp3) is 0.680. The van der Waals surface area contributed by atoms with Crippen LogP contribution < -0.4 is 0 Å². The third-order valence-electron chi connectivity index (χ3n) is 7.98. The summed E-state index contributed by atoms with van der Waals surface area (Å²) in [5.74, 6) is 3.17. The van der Waals surface area contributed by atoms with Crippen molar-refractivity contribution in [1.29, 1.82) is 0 Å². The molecule has 180 valence electrons. The third kappa shape index (κ3) is 4.97. The first-order valence-corrected chi connectivity index (χ1v) is 13.3. The third-order valence-corrected chi connectivity index (χ3v) is 9.09. The molecule has 2 saturated carbocycles. The van der Waals surface area contributed by atoms with Crippen LogP contribution in [0, 0.1) is 5.41 Å². The number of halogens is 3. The molecular formula is C25H33F3N4S. The Morgan fingerprint density at radius 2 is 1.85 bits per heavy atom. The Balaban J connectivity index is 1.06. The largest absolute Gasteiger partial charge is 0.416 e. The molecule has 0 amide bonds. The molecule has 0 bridgehead atoms. The monoisotopic (exact) mass is 478 g/mol. The van der Waals surface area contributed by atoms with Crippen LogP contribution >= 0.6 is 11.8 Å². The maximum absolute atomic E-state index is 12.8. The van der Waals surface area contributed by atoms with Crippen LogP contribution in [0.15, 0.2) is 29.4 Å². The highest BCUT2D eigenvalue weighted by molar-refractivity contribution is 7.99. The summed E-state index contributed by atoms with van der Waals surface area (Å²) in [6.07, 6.45) is 5.53. The lowest BCUT2D eigenvalue weighted by molar-refractivity contribution is -0.137. The fourth-order valence-electron chi connectivity index (χ4n) is 5.97. The molecule has 1 aromatic heterocycles. The van der Waals surface area contributed by atoms with E-state index in [1.165, 1.54) is 44.2 Å². The molecule has 5 rings (SSSR count). The van der Waals surface area contributed by atoms with E-state index in [0.717, 1.165) is 61.2 Å². The Labute approximate surface area is 198 Å². The van der Waals surface area contributed by atoms with Crippen LogP contribution in [-0.2, 0) is 13.2 Å². The Morgan fingerprint density at radius 1 is 1.09 bits per heavy atom. The lowest BCUT2D eigenvalue weighted by Crippen LogP contribution is -2.23. The van der Waals surface area contributed by atoms with Gasteiger partial charge >= 0.3 is 6.18 Å². The number of benzene rings is 1. The fourth-order valence-corrected chi connectivity index (χ4v) is 6.81. The summed E-state index contributed by atoms with van der Waals surface area (Å²) in [7, 11) is 2.10. The van der Waals surface area contributed by atoms with Crippen molar-refractivity contribution in [3.05, 3.63) is 41.2 Å². The van der Waals surface area contributed by atoms with E-state index in [1.807, 2.05) is 0 Å². The average Bonchev–Trinajstić information content (AvgIpc) is 3.15. The van der Waals surface area contributed by atoms with Crippen molar-refractivity contribution < 1.29 is 13.2 Å². The average molecular weight is 479 g/mol. The quantitative estimate of drug-likeness (QED) is 0.348. The van der Waals surface area contributed by atoms with Crippen LogP contribution in [-0.4, -0.2) is 45.1 Å². The zero-order valence-corrected chi connectivity index (χ0v) is 20.1. The standard InChI is InChI=1S/C25H33F3N4S/c1-31-22(19-6-3-2-4-7-19)29-30-23(31)33-15-5-13-32-14-12-24(17-32)16-21(24)18-8-10-20(11-9-18)25(26,27)28/h8-11,19,21H,2-7,12-17H2,1H3/t21?,24-/m1/s1. The molecule has 3 aliphatic rings. The molecule has 1 aliphatic heterocycles. The molecule has 8 heteroatoms. The number of rotatable bonds is 7. The molecular weight excluding hydrogens is 445 g/mol. The number of hydrogen-bond donors (Lipinski definition) is 0.